The molecule has 22 heteroatoms. The summed E-state index contributed by atoms with van der Waals surface area (Å²) in [5, 5.41) is 19.5. The molecule has 3 heterocycles. The Morgan fingerprint density at radius 1 is 0.590 bits per heavy atom. The van der Waals surface area contributed by atoms with Crippen LogP contribution in [0.4, 0.5) is 4.79 Å². The lowest BCUT2D eigenvalue weighted by Crippen LogP contribution is -2.67. The number of alkyl carbamates (subject to hydrolysis) is 1. The third kappa shape index (κ3) is 25.1. The lowest BCUT2D eigenvalue weighted by atomic mass is 9.96. The Bertz CT molecular complexity index is 3600. The second kappa shape index (κ2) is 43.8. The van der Waals surface area contributed by atoms with Crippen LogP contribution in [0.3, 0.4) is 0 Å². The predicted molar refractivity (Wildman–Crippen MR) is 403 cm³/mol. The Morgan fingerprint density at radius 3 is 1.70 bits per heavy atom. The highest BCUT2D eigenvalue weighted by atomic mass is 32.2. The van der Waals surface area contributed by atoms with Crippen LogP contribution < -0.4 is 5.32 Å². The third-order valence-corrected chi connectivity index (χ3v) is 22.5. The van der Waals surface area contributed by atoms with Gasteiger partial charge in [0.1, 0.15) is 54.6 Å². The molecule has 20 nitrogen and oxygen atoms in total. The van der Waals surface area contributed by atoms with Gasteiger partial charge >= 0.3 is 25.9 Å². The van der Waals surface area contributed by atoms with Crippen molar-refractivity contribution >= 4 is 37.6 Å². The van der Waals surface area contributed by atoms with Gasteiger partial charge in [-0.3, -0.25) is 23.2 Å². The number of esters is 2. The number of benzene rings is 6. The number of carbonyl (C=O) groups excluding carboxylic acids is 3. The molecule has 3 aliphatic heterocycles. The molecule has 2 saturated heterocycles. The second-order valence-corrected chi connectivity index (χ2v) is 30.6. The molecule has 0 radical (unpaired) electrons. The summed E-state index contributed by atoms with van der Waals surface area (Å²) in [7, 11) is -4.71. The fourth-order valence-corrected chi connectivity index (χ4v) is 16.7. The van der Waals surface area contributed by atoms with Crippen molar-refractivity contribution in [2.75, 3.05) is 19.8 Å². The number of hydrogen-bond donors (Lipinski definition) is 2. The number of amides is 1. The third-order valence-electron chi connectivity index (χ3n) is 19.9. The second-order valence-electron chi connectivity index (χ2n) is 27.8. The highest BCUT2D eigenvalue weighted by molar-refractivity contribution is 7.99. The molecule has 0 bridgehead atoms. The van der Waals surface area contributed by atoms with Crippen LogP contribution in [0.15, 0.2) is 174 Å². The van der Waals surface area contributed by atoms with Crippen LogP contribution in [0.2, 0.25) is 0 Å². The number of nitrogens with one attached hydrogen (secondary N) is 1. The number of phosphoric acid groups is 1. The molecule has 566 valence electrons. The number of phosphoric ester groups is 1. The number of aliphatic hydroxyl groups is 1. The number of carbonyl (C=O) groups is 3. The van der Waals surface area contributed by atoms with Crippen molar-refractivity contribution in [2.24, 2.45) is 5.11 Å². The molecule has 2 fully saturated rings. The fourth-order valence-electron chi connectivity index (χ4n) is 14.2. The molecular weight excluding hydrogens is 1370 g/mol. The number of nitrogens with zero attached hydrogens (tertiary/aromatic N) is 3. The molecule has 4 aliphatic rings. The van der Waals surface area contributed by atoms with Gasteiger partial charge < -0.3 is 48.3 Å². The van der Waals surface area contributed by atoms with E-state index in [2.05, 4.69) is 29.2 Å². The largest absolute Gasteiger partial charge is 0.475 e. The summed E-state index contributed by atoms with van der Waals surface area (Å²) in [5.74, 6) is -1.62. The minimum Gasteiger partial charge on any atom is -0.462 e. The van der Waals surface area contributed by atoms with E-state index in [1.54, 1.807) is 0 Å². The molecular formula is C83H107N4O16PS. The standard InChI is InChI=1S/C83H107N4O16PS/c1-3-5-7-9-11-13-14-16-18-20-31-51-73(88)99-64(44-28-19-17-15-12-10-8-6-4-2)52-74(89)102-80-76(85-83(91)96-57-70-68-49-36-34-47-66(68)67-48-35-37-50-69(67)70)81(100-71(58-93-53-60-38-24-21-25-39-60)79(80)103-104(92)97-55-62-42-32-33-43-63(62)56-98-104)95-59-72-78(94-54-61-40-26-22-27-41-61)77(90)75(86-87-84)82(101-72)105-65-45-29-23-30-46-65/h21-27,29-30,32-43,45-50,64,70-72,75-82,90H,3-20,28,31,44,51-59H2,1-2H3,(H,85,91)/t64-,71-,72-,75-,76-,77-,78-,79-,80-,81-,82-/m1/s1. The summed E-state index contributed by atoms with van der Waals surface area (Å²) in [6.45, 7) is 3.30. The first-order valence-corrected chi connectivity index (χ1v) is 40.6. The average Bonchev–Trinajstić information content (AvgIpc) is 1.75. The molecule has 105 heavy (non-hydrogen) atoms. The molecule has 6 aromatic carbocycles. The van der Waals surface area contributed by atoms with Crippen molar-refractivity contribution in [1.29, 1.82) is 0 Å². The lowest BCUT2D eigenvalue weighted by molar-refractivity contribution is -0.287. The van der Waals surface area contributed by atoms with Crippen LogP contribution in [0.1, 0.15) is 201 Å². The first kappa shape index (κ1) is 80.6. The van der Waals surface area contributed by atoms with Crippen LogP contribution in [0.5, 0.6) is 0 Å². The SMILES string of the molecule is CCCCCCCCCCCCCC(=O)O[C@H](CCCCCCCCCCC)CC(=O)O[C@@H]1[C@@H](NC(=O)OCC2c3ccccc3-c3ccccc32)[C@H](OC[C@H]2O[C@H](Sc3ccccc3)[C@H](N=[N+]=[N-])[C@@H](O)[C@@H]2OCc2ccccc2)O[C@H](COCc2ccccc2)[C@H]1OP1(=O)OCc2ccccc2CO1. The number of rotatable bonds is 44. The normalized spacial score (nSPS) is 22.1. The van der Waals surface area contributed by atoms with Gasteiger partial charge in [-0.1, -0.05) is 298 Å². The topological polar surface area (TPSA) is 251 Å². The highest BCUT2D eigenvalue weighted by Crippen LogP contribution is 2.55. The number of hydrogen-bond acceptors (Lipinski definition) is 18. The first-order valence-electron chi connectivity index (χ1n) is 38.3. The van der Waals surface area contributed by atoms with Gasteiger partial charge in [0.25, 0.3) is 0 Å². The smallest absolute Gasteiger partial charge is 0.462 e. The van der Waals surface area contributed by atoms with Crippen molar-refractivity contribution in [3.8, 4) is 11.1 Å². The zero-order valence-corrected chi connectivity index (χ0v) is 62.7. The summed E-state index contributed by atoms with van der Waals surface area (Å²) in [6, 6.07) is 48.6. The minimum absolute atomic E-state index is 0.00966. The molecule has 11 atom stereocenters. The molecule has 2 N–H and O–H groups in total. The number of azide groups is 1. The number of thioether (sulfide) groups is 1. The van der Waals surface area contributed by atoms with Crippen LogP contribution in [-0.2, 0) is 92.0 Å². The molecule has 0 unspecified atom stereocenters. The number of fused-ring (bicyclic) bond motifs is 4. The van der Waals surface area contributed by atoms with Gasteiger partial charge in [-0.15, -0.1) is 0 Å². The van der Waals surface area contributed by atoms with E-state index in [1.165, 1.54) is 82.4 Å². The zero-order chi connectivity index (χ0) is 73.3. The molecule has 0 aromatic heterocycles. The van der Waals surface area contributed by atoms with E-state index < -0.39 is 105 Å². The summed E-state index contributed by atoms with van der Waals surface area (Å²) in [5.41, 5.74) is 16.0. The Labute approximate surface area is 624 Å². The van der Waals surface area contributed by atoms with Crippen LogP contribution in [0.25, 0.3) is 21.6 Å². The molecule has 10 rings (SSSR count). The number of unbranched alkanes of at least 4 members (excludes halogenated alkanes) is 18. The number of ether oxygens (including phenoxy) is 8. The molecule has 1 amide bonds. The van der Waals surface area contributed by atoms with Crippen molar-refractivity contribution in [3.63, 3.8) is 0 Å². The van der Waals surface area contributed by atoms with Crippen molar-refractivity contribution in [2.45, 2.75) is 265 Å². The average molecular weight is 1480 g/mol. The van der Waals surface area contributed by atoms with E-state index in [0.29, 0.717) is 30.4 Å². The van der Waals surface area contributed by atoms with Gasteiger partial charge in [0.05, 0.1) is 52.2 Å². The summed E-state index contributed by atoms with van der Waals surface area (Å²) < 4.78 is 87.9. The van der Waals surface area contributed by atoms with Gasteiger partial charge in [0, 0.05) is 22.1 Å². The van der Waals surface area contributed by atoms with E-state index in [4.69, 9.17) is 51.5 Å². The van der Waals surface area contributed by atoms with Gasteiger partial charge in [0.2, 0.25) is 0 Å². The minimum atomic E-state index is -4.71. The monoisotopic (exact) mass is 1480 g/mol. The van der Waals surface area contributed by atoms with Gasteiger partial charge in [-0.25, -0.2) is 9.36 Å². The maximum absolute atomic E-state index is 15.5. The molecule has 1 aliphatic carbocycles. The summed E-state index contributed by atoms with van der Waals surface area (Å²) in [4.78, 5) is 48.6. The Morgan fingerprint density at radius 2 is 1.11 bits per heavy atom. The van der Waals surface area contributed by atoms with Crippen molar-refractivity contribution in [3.05, 3.63) is 208 Å². The van der Waals surface area contributed by atoms with Gasteiger partial charge in [0.15, 0.2) is 12.4 Å². The van der Waals surface area contributed by atoms with E-state index in [-0.39, 0.29) is 52.0 Å². The van der Waals surface area contributed by atoms with Crippen LogP contribution in [-0.4, -0.2) is 109 Å². The first-order chi connectivity index (χ1) is 51.5. The molecule has 0 saturated carbocycles. The van der Waals surface area contributed by atoms with Crippen LogP contribution >= 0.6 is 19.6 Å². The molecule has 6 aromatic rings. The lowest BCUT2D eigenvalue weighted by Gasteiger charge is -2.47. The predicted octanol–water partition coefficient (Wildman–Crippen LogP) is 19.1. The van der Waals surface area contributed by atoms with E-state index >= 15 is 14.2 Å². The molecule has 0 spiro atoms. The fraction of sp³-hybridized carbons (Fsp3) is 0.530. The van der Waals surface area contributed by atoms with Crippen molar-refractivity contribution < 1.29 is 75.5 Å². The van der Waals surface area contributed by atoms with E-state index in [9.17, 15) is 15.4 Å². The van der Waals surface area contributed by atoms with Crippen LogP contribution in [0, 0.1) is 0 Å². The zero-order valence-electron chi connectivity index (χ0n) is 61.0. The maximum atomic E-state index is 15.5. The Kier molecular flexibility index (Phi) is 33.6. The quantitative estimate of drug-likeness (QED) is 0.00686. The summed E-state index contributed by atoms with van der Waals surface area (Å²) >= 11 is 1.24. The van der Waals surface area contributed by atoms with E-state index in [1.807, 2.05) is 164 Å². The Hall–Kier alpha value is -6.94. The van der Waals surface area contributed by atoms with E-state index in [0.717, 1.165) is 83.2 Å². The Balaban J connectivity index is 0.988. The number of aliphatic hydroxyl groups excluding tert-OH is 1. The van der Waals surface area contributed by atoms with Crippen molar-refractivity contribution in [1.82, 2.24) is 5.32 Å². The van der Waals surface area contributed by atoms with Gasteiger partial charge in [-0.2, -0.15) is 0 Å². The summed E-state index contributed by atoms with van der Waals surface area (Å²) in [6.07, 6.45) is 9.92. The van der Waals surface area contributed by atoms with Gasteiger partial charge in [-0.05, 0) is 81.4 Å². The maximum Gasteiger partial charge on any atom is 0.475 e. The highest BCUT2D eigenvalue weighted by Gasteiger charge is 2.55.